The normalized spacial score (nSPS) is 13.7. The van der Waals surface area contributed by atoms with Crippen LogP contribution in [0, 0.1) is 21.4 Å². The maximum absolute atomic E-state index is 12.0. The Hall–Kier alpha value is -2.95. The van der Waals surface area contributed by atoms with Gasteiger partial charge in [0.25, 0.3) is 11.2 Å². The van der Waals surface area contributed by atoms with Gasteiger partial charge in [-0.05, 0) is 32.1 Å². The average molecular weight is 330 g/mol. The van der Waals surface area contributed by atoms with Crippen molar-refractivity contribution in [2.45, 2.75) is 38.6 Å². The van der Waals surface area contributed by atoms with Crippen LogP contribution in [-0.4, -0.2) is 21.9 Å². The van der Waals surface area contributed by atoms with Crippen LogP contribution < -0.4 is 10.9 Å². The quantitative estimate of drug-likeness (QED) is 0.483. The summed E-state index contributed by atoms with van der Waals surface area (Å²) >= 11 is 0. The highest BCUT2D eigenvalue weighted by atomic mass is 16.6. The monoisotopic (exact) mass is 330 g/mol. The number of hydrogen-bond donors (Lipinski definition) is 1. The fourth-order valence-electron chi connectivity index (χ4n) is 2.62. The van der Waals surface area contributed by atoms with Gasteiger partial charge >= 0.3 is 0 Å². The molecule has 1 aromatic heterocycles. The van der Waals surface area contributed by atoms with Crippen molar-refractivity contribution in [3.05, 3.63) is 49.9 Å². The largest absolute Gasteiger partial charge is 0.354 e. The summed E-state index contributed by atoms with van der Waals surface area (Å²) in [5.41, 5.74) is -0.148. The Morgan fingerprint density at radius 3 is 2.88 bits per heavy atom. The summed E-state index contributed by atoms with van der Waals surface area (Å²) in [4.78, 5) is 34.0. The van der Waals surface area contributed by atoms with E-state index in [0.717, 1.165) is 36.1 Å². The Bertz CT molecular complexity index is 773. The summed E-state index contributed by atoms with van der Waals surface area (Å²) < 4.78 is 0.895. The molecule has 8 heteroatoms. The molecule has 0 saturated carbocycles. The van der Waals surface area contributed by atoms with Crippen LogP contribution in [0.4, 0.5) is 5.69 Å². The summed E-state index contributed by atoms with van der Waals surface area (Å²) in [6.45, 7) is 0.105. The number of carbonyl (C=O) groups excluding carboxylic acids is 1. The van der Waals surface area contributed by atoms with Gasteiger partial charge in [-0.2, -0.15) is 5.26 Å². The molecule has 0 saturated heterocycles. The highest BCUT2D eigenvalue weighted by molar-refractivity contribution is 5.75. The molecule has 1 aliphatic rings. The van der Waals surface area contributed by atoms with Gasteiger partial charge in [-0.15, -0.1) is 0 Å². The predicted octanol–water partition coefficient (Wildman–Crippen LogP) is 1.63. The number of nitro groups is 1. The van der Waals surface area contributed by atoms with Crippen LogP contribution in [0.5, 0.6) is 0 Å². The Morgan fingerprint density at radius 2 is 2.25 bits per heavy atom. The zero-order valence-electron chi connectivity index (χ0n) is 13.2. The lowest BCUT2D eigenvalue weighted by Gasteiger charge is -2.13. The van der Waals surface area contributed by atoms with E-state index < -0.39 is 22.1 Å². The molecule has 0 atom stereocenters. The van der Waals surface area contributed by atoms with Gasteiger partial charge in [0.2, 0.25) is 5.91 Å². The van der Waals surface area contributed by atoms with Crippen molar-refractivity contribution in [2.75, 3.05) is 6.54 Å². The lowest BCUT2D eigenvalue weighted by atomic mass is 9.97. The lowest BCUT2D eigenvalue weighted by molar-refractivity contribution is -0.385. The van der Waals surface area contributed by atoms with Gasteiger partial charge in [0.05, 0.1) is 11.1 Å². The Labute approximate surface area is 138 Å². The number of hydrogen-bond acceptors (Lipinski definition) is 5. The fourth-order valence-corrected chi connectivity index (χ4v) is 2.62. The second-order valence-corrected chi connectivity index (χ2v) is 5.62. The van der Waals surface area contributed by atoms with E-state index in [1.54, 1.807) is 6.07 Å². The molecule has 8 nitrogen and oxygen atoms in total. The number of nitrogens with one attached hydrogen (secondary N) is 1. The minimum atomic E-state index is -0.715. The molecule has 1 heterocycles. The number of amides is 1. The predicted molar refractivity (Wildman–Crippen MR) is 86.2 cm³/mol. The third-order valence-corrected chi connectivity index (χ3v) is 3.87. The zero-order chi connectivity index (χ0) is 17.5. The summed E-state index contributed by atoms with van der Waals surface area (Å²) in [5, 5.41) is 22.4. The van der Waals surface area contributed by atoms with Crippen LogP contribution in [0.2, 0.25) is 0 Å². The minimum absolute atomic E-state index is 0.353. The molecule has 1 amide bonds. The van der Waals surface area contributed by atoms with Crippen molar-refractivity contribution in [2.24, 2.45) is 0 Å². The summed E-state index contributed by atoms with van der Waals surface area (Å²) in [6, 6.07) is 2.52. The van der Waals surface area contributed by atoms with E-state index in [1.165, 1.54) is 18.4 Å². The molecule has 24 heavy (non-hydrogen) atoms. The molecule has 1 aliphatic carbocycles. The van der Waals surface area contributed by atoms with Crippen molar-refractivity contribution >= 4 is 11.6 Å². The third kappa shape index (κ3) is 4.52. The number of pyridine rings is 1. The first-order valence-corrected chi connectivity index (χ1v) is 7.75. The maximum atomic E-state index is 12.0. The molecular weight excluding hydrogens is 312 g/mol. The number of aromatic nitrogens is 1. The standard InChI is InChI=1S/C16H18N4O4/c17-9-13-8-14(20(23)24)10-19(16(13)22)11-15(21)18-7-6-12-4-2-1-3-5-12/h4,8,10H,1-3,5-7,11H2,(H,18,21). The SMILES string of the molecule is N#Cc1cc([N+](=O)[O-])cn(CC(=O)NCCC2=CCCCC2)c1=O. The van der Waals surface area contributed by atoms with Crippen molar-refractivity contribution in [3.63, 3.8) is 0 Å². The summed E-state index contributed by atoms with van der Waals surface area (Å²) in [5.74, 6) is -0.419. The van der Waals surface area contributed by atoms with E-state index in [-0.39, 0.29) is 12.1 Å². The number of rotatable bonds is 6. The van der Waals surface area contributed by atoms with E-state index in [0.29, 0.717) is 6.54 Å². The van der Waals surface area contributed by atoms with Crippen molar-refractivity contribution < 1.29 is 9.72 Å². The second-order valence-electron chi connectivity index (χ2n) is 5.62. The van der Waals surface area contributed by atoms with E-state index in [4.69, 9.17) is 5.26 Å². The van der Waals surface area contributed by atoms with Gasteiger partial charge in [-0.25, -0.2) is 0 Å². The van der Waals surface area contributed by atoms with E-state index in [2.05, 4.69) is 11.4 Å². The molecule has 1 aromatic rings. The topological polar surface area (TPSA) is 118 Å². The van der Waals surface area contributed by atoms with Gasteiger partial charge in [-0.1, -0.05) is 11.6 Å². The zero-order valence-corrected chi connectivity index (χ0v) is 13.2. The highest BCUT2D eigenvalue weighted by Crippen LogP contribution is 2.19. The van der Waals surface area contributed by atoms with Gasteiger partial charge in [0.15, 0.2) is 0 Å². The first-order chi connectivity index (χ1) is 11.5. The molecule has 0 aliphatic heterocycles. The van der Waals surface area contributed by atoms with Crippen LogP contribution in [0.15, 0.2) is 28.7 Å². The summed E-state index contributed by atoms with van der Waals surface area (Å²) in [7, 11) is 0. The Balaban J connectivity index is 1.99. The maximum Gasteiger partial charge on any atom is 0.287 e. The van der Waals surface area contributed by atoms with Crippen LogP contribution in [0.1, 0.15) is 37.7 Å². The van der Waals surface area contributed by atoms with E-state index in [9.17, 15) is 19.7 Å². The molecule has 1 N–H and O–H groups in total. The minimum Gasteiger partial charge on any atom is -0.354 e. The number of nitriles is 1. The molecule has 0 fully saturated rings. The van der Waals surface area contributed by atoms with Gasteiger partial charge in [0, 0.05) is 12.6 Å². The molecule has 0 radical (unpaired) electrons. The molecule has 2 rings (SSSR count). The smallest absolute Gasteiger partial charge is 0.287 e. The average Bonchev–Trinajstić information content (AvgIpc) is 2.57. The fraction of sp³-hybridized carbons (Fsp3) is 0.438. The van der Waals surface area contributed by atoms with Crippen LogP contribution in [0.3, 0.4) is 0 Å². The van der Waals surface area contributed by atoms with Crippen molar-refractivity contribution in [3.8, 4) is 6.07 Å². The van der Waals surface area contributed by atoms with Crippen LogP contribution in [0.25, 0.3) is 0 Å². The Kier molecular flexibility index (Phi) is 5.84. The van der Waals surface area contributed by atoms with Crippen LogP contribution in [-0.2, 0) is 11.3 Å². The molecule has 126 valence electrons. The summed E-state index contributed by atoms with van der Waals surface area (Å²) in [6.07, 6.45) is 8.42. The number of nitrogens with zero attached hydrogens (tertiary/aromatic N) is 3. The second kappa shape index (κ2) is 8.06. The third-order valence-electron chi connectivity index (χ3n) is 3.87. The highest BCUT2D eigenvalue weighted by Gasteiger charge is 2.15. The molecular formula is C16H18N4O4. The molecule has 0 spiro atoms. The number of allylic oxidation sites excluding steroid dienone is 1. The van der Waals surface area contributed by atoms with Gasteiger partial charge < -0.3 is 5.32 Å². The van der Waals surface area contributed by atoms with Gasteiger partial charge in [0.1, 0.15) is 18.2 Å². The lowest BCUT2D eigenvalue weighted by Crippen LogP contribution is -2.33. The molecule has 0 unspecified atom stereocenters. The van der Waals surface area contributed by atoms with Crippen LogP contribution >= 0.6 is 0 Å². The van der Waals surface area contributed by atoms with Crippen molar-refractivity contribution in [1.82, 2.24) is 9.88 Å². The van der Waals surface area contributed by atoms with E-state index >= 15 is 0 Å². The van der Waals surface area contributed by atoms with Crippen molar-refractivity contribution in [1.29, 1.82) is 5.26 Å². The molecule has 0 bridgehead atoms. The first-order valence-electron chi connectivity index (χ1n) is 7.75. The van der Waals surface area contributed by atoms with E-state index in [1.807, 2.05) is 0 Å². The van der Waals surface area contributed by atoms with Gasteiger partial charge in [-0.3, -0.25) is 24.3 Å². The number of carbonyl (C=O) groups is 1. The molecule has 0 aromatic carbocycles. The first kappa shape index (κ1) is 17.4. The Morgan fingerprint density at radius 1 is 1.46 bits per heavy atom.